The van der Waals surface area contributed by atoms with Gasteiger partial charge in [-0.05, 0) is 12.8 Å². The number of rotatable bonds is 8. The number of carbonyl (C=O) groups excluding carboxylic acids is 3. The first-order valence-corrected chi connectivity index (χ1v) is 7.22. The predicted octanol–water partition coefficient (Wildman–Crippen LogP) is -2.78. The molecule has 1 rings (SSSR count). The van der Waals surface area contributed by atoms with Gasteiger partial charge in [0.05, 0.1) is 18.9 Å². The fraction of sp³-hybridized carbons (Fsp3) is 0.615. The van der Waals surface area contributed by atoms with Crippen LogP contribution in [0.25, 0.3) is 0 Å². The van der Waals surface area contributed by atoms with Crippen LogP contribution in [-0.4, -0.2) is 69.4 Å². The molecule has 0 saturated carbocycles. The van der Waals surface area contributed by atoms with Crippen LogP contribution in [0.1, 0.15) is 25.7 Å². The van der Waals surface area contributed by atoms with E-state index in [1.807, 2.05) is 0 Å². The molecule has 3 amide bonds. The van der Waals surface area contributed by atoms with Gasteiger partial charge in [0.2, 0.25) is 17.7 Å². The first-order chi connectivity index (χ1) is 11.1. The van der Waals surface area contributed by atoms with Gasteiger partial charge in [0.15, 0.2) is 0 Å². The SMILES string of the molecule is NC(=O)C[C@H](N)C(=O)N1CCC[C@H]1C(=O)N[C@@H](CC(=O)O)C(=O)O. The summed E-state index contributed by atoms with van der Waals surface area (Å²) in [6.07, 6.45) is -0.395. The van der Waals surface area contributed by atoms with E-state index < -0.39 is 54.2 Å². The standard InChI is InChI=1S/C13H20N4O7/c14-6(4-9(15)18)12(22)17-3-1-2-8(17)11(21)16-7(13(23)24)5-10(19)20/h6-8H,1-5,14H2,(H2,15,18)(H,16,21)(H,19,20)(H,23,24)/t6-,7-,8-/m0/s1. The topological polar surface area (TPSA) is 193 Å². The summed E-state index contributed by atoms with van der Waals surface area (Å²) in [5.41, 5.74) is 10.6. The van der Waals surface area contributed by atoms with Gasteiger partial charge in [0.25, 0.3) is 0 Å². The number of carbonyl (C=O) groups is 5. The highest BCUT2D eigenvalue weighted by Gasteiger charge is 2.38. The molecule has 0 radical (unpaired) electrons. The zero-order valence-electron chi connectivity index (χ0n) is 12.8. The Bertz CT molecular complexity index is 550. The molecule has 0 aromatic heterocycles. The molecule has 11 heteroatoms. The van der Waals surface area contributed by atoms with Crippen LogP contribution < -0.4 is 16.8 Å². The molecule has 0 aromatic carbocycles. The maximum absolute atomic E-state index is 12.2. The van der Waals surface area contributed by atoms with Gasteiger partial charge in [-0.1, -0.05) is 0 Å². The number of nitrogens with zero attached hydrogens (tertiary/aromatic N) is 1. The van der Waals surface area contributed by atoms with Crippen LogP contribution in [0.3, 0.4) is 0 Å². The van der Waals surface area contributed by atoms with Crippen LogP contribution >= 0.6 is 0 Å². The summed E-state index contributed by atoms with van der Waals surface area (Å²) in [5.74, 6) is -5.06. The number of nitrogens with one attached hydrogen (secondary N) is 1. The quantitative estimate of drug-likeness (QED) is 0.312. The number of primary amides is 1. The molecule has 0 bridgehead atoms. The monoisotopic (exact) mass is 344 g/mol. The van der Waals surface area contributed by atoms with E-state index in [9.17, 15) is 24.0 Å². The molecule has 0 spiro atoms. The summed E-state index contributed by atoms with van der Waals surface area (Å²) < 4.78 is 0. The second kappa shape index (κ2) is 8.24. The van der Waals surface area contributed by atoms with Crippen molar-refractivity contribution in [3.63, 3.8) is 0 Å². The van der Waals surface area contributed by atoms with E-state index >= 15 is 0 Å². The Morgan fingerprint density at radius 2 is 1.79 bits per heavy atom. The van der Waals surface area contributed by atoms with Crippen molar-refractivity contribution in [2.75, 3.05) is 6.54 Å². The normalized spacial score (nSPS) is 19.4. The molecule has 24 heavy (non-hydrogen) atoms. The number of hydrogen-bond donors (Lipinski definition) is 5. The van der Waals surface area contributed by atoms with E-state index in [0.717, 1.165) is 4.90 Å². The molecule has 1 aliphatic rings. The minimum Gasteiger partial charge on any atom is -0.481 e. The van der Waals surface area contributed by atoms with E-state index in [4.69, 9.17) is 21.7 Å². The molecule has 134 valence electrons. The molecule has 11 nitrogen and oxygen atoms in total. The fourth-order valence-corrected chi connectivity index (χ4v) is 2.46. The van der Waals surface area contributed by atoms with Crippen LogP contribution in [0.4, 0.5) is 0 Å². The summed E-state index contributed by atoms with van der Waals surface area (Å²) in [6, 6.07) is -3.76. The molecular formula is C13H20N4O7. The third-order valence-corrected chi connectivity index (χ3v) is 3.57. The highest BCUT2D eigenvalue weighted by molar-refractivity contribution is 5.94. The molecule has 1 heterocycles. The average molecular weight is 344 g/mol. The number of nitrogens with two attached hydrogens (primary N) is 2. The molecular weight excluding hydrogens is 324 g/mol. The number of hydrogen-bond acceptors (Lipinski definition) is 6. The van der Waals surface area contributed by atoms with Crippen molar-refractivity contribution in [1.82, 2.24) is 10.2 Å². The van der Waals surface area contributed by atoms with Gasteiger partial charge in [0.1, 0.15) is 12.1 Å². The van der Waals surface area contributed by atoms with Crippen LogP contribution in [0.5, 0.6) is 0 Å². The van der Waals surface area contributed by atoms with Crippen LogP contribution in [-0.2, 0) is 24.0 Å². The minimum absolute atomic E-state index is 0.222. The van der Waals surface area contributed by atoms with Crippen LogP contribution in [0, 0.1) is 0 Å². The highest BCUT2D eigenvalue weighted by atomic mass is 16.4. The molecule has 3 atom stereocenters. The molecule has 0 unspecified atom stereocenters. The third-order valence-electron chi connectivity index (χ3n) is 3.57. The number of aliphatic carboxylic acids is 2. The zero-order valence-corrected chi connectivity index (χ0v) is 12.8. The summed E-state index contributed by atoms with van der Waals surface area (Å²) in [4.78, 5) is 58.0. The summed E-state index contributed by atoms with van der Waals surface area (Å²) in [5, 5.41) is 19.7. The van der Waals surface area contributed by atoms with Gasteiger partial charge in [-0.2, -0.15) is 0 Å². The van der Waals surface area contributed by atoms with Crippen molar-refractivity contribution in [2.24, 2.45) is 11.5 Å². The summed E-state index contributed by atoms with van der Waals surface area (Å²) in [7, 11) is 0. The zero-order chi connectivity index (χ0) is 18.4. The molecule has 0 aliphatic carbocycles. The van der Waals surface area contributed by atoms with E-state index in [1.54, 1.807) is 0 Å². The number of likely N-dealkylation sites (tertiary alicyclic amines) is 1. The fourth-order valence-electron chi connectivity index (χ4n) is 2.46. The lowest BCUT2D eigenvalue weighted by molar-refractivity contribution is -0.148. The summed E-state index contributed by atoms with van der Waals surface area (Å²) in [6.45, 7) is 0.222. The Kier molecular flexibility index (Phi) is 6.65. The van der Waals surface area contributed by atoms with E-state index in [0.29, 0.717) is 6.42 Å². The lowest BCUT2D eigenvalue weighted by Gasteiger charge is -2.27. The molecule has 7 N–H and O–H groups in total. The van der Waals surface area contributed by atoms with E-state index in [1.165, 1.54) is 0 Å². The Labute approximate surface area is 136 Å². The van der Waals surface area contributed by atoms with Crippen molar-refractivity contribution in [3.05, 3.63) is 0 Å². The van der Waals surface area contributed by atoms with Gasteiger partial charge >= 0.3 is 11.9 Å². The smallest absolute Gasteiger partial charge is 0.326 e. The number of carboxylic acid groups (broad SMARTS) is 2. The highest BCUT2D eigenvalue weighted by Crippen LogP contribution is 2.19. The largest absolute Gasteiger partial charge is 0.481 e. The maximum Gasteiger partial charge on any atom is 0.326 e. The molecule has 1 fully saturated rings. The molecule has 0 aromatic rings. The number of carboxylic acids is 2. The van der Waals surface area contributed by atoms with Gasteiger partial charge < -0.3 is 31.9 Å². The average Bonchev–Trinajstić information content (AvgIpc) is 2.93. The maximum atomic E-state index is 12.2. The number of amides is 3. The lowest BCUT2D eigenvalue weighted by atomic mass is 10.1. The van der Waals surface area contributed by atoms with Crippen molar-refractivity contribution in [1.29, 1.82) is 0 Å². The van der Waals surface area contributed by atoms with Crippen molar-refractivity contribution < 1.29 is 34.2 Å². The first-order valence-electron chi connectivity index (χ1n) is 7.22. The van der Waals surface area contributed by atoms with Gasteiger partial charge in [-0.25, -0.2) is 4.79 Å². The van der Waals surface area contributed by atoms with Gasteiger partial charge in [0, 0.05) is 6.54 Å². The Morgan fingerprint density at radius 3 is 2.29 bits per heavy atom. The van der Waals surface area contributed by atoms with Gasteiger partial charge in [-0.15, -0.1) is 0 Å². The van der Waals surface area contributed by atoms with Crippen LogP contribution in [0.15, 0.2) is 0 Å². The van der Waals surface area contributed by atoms with Crippen molar-refractivity contribution in [3.8, 4) is 0 Å². The second-order valence-corrected chi connectivity index (χ2v) is 5.46. The molecule has 1 saturated heterocycles. The van der Waals surface area contributed by atoms with E-state index in [-0.39, 0.29) is 19.4 Å². The van der Waals surface area contributed by atoms with E-state index in [2.05, 4.69) is 5.32 Å². The van der Waals surface area contributed by atoms with Crippen molar-refractivity contribution in [2.45, 2.75) is 43.8 Å². The Hall–Kier alpha value is -2.69. The van der Waals surface area contributed by atoms with Crippen molar-refractivity contribution >= 4 is 29.7 Å². The summed E-state index contributed by atoms with van der Waals surface area (Å²) >= 11 is 0. The second-order valence-electron chi connectivity index (χ2n) is 5.46. The Morgan fingerprint density at radius 1 is 1.17 bits per heavy atom. The third kappa shape index (κ3) is 5.19. The van der Waals surface area contributed by atoms with Crippen LogP contribution in [0.2, 0.25) is 0 Å². The Balaban J connectivity index is 2.77. The molecule has 1 aliphatic heterocycles. The van der Waals surface area contributed by atoms with Gasteiger partial charge in [-0.3, -0.25) is 19.2 Å². The predicted molar refractivity (Wildman–Crippen MR) is 78.3 cm³/mol. The first kappa shape index (κ1) is 19.4. The lowest BCUT2D eigenvalue weighted by Crippen LogP contribution is -2.54. The minimum atomic E-state index is -1.60.